The minimum Gasteiger partial charge on any atom is -0.497 e. The van der Waals surface area contributed by atoms with Gasteiger partial charge in [-0.3, -0.25) is 9.59 Å². The number of fused-ring (bicyclic) bond motifs is 1. The number of ether oxygens (including phenoxy) is 3. The maximum Gasteiger partial charge on any atom is 0.343 e. The van der Waals surface area contributed by atoms with E-state index in [9.17, 15) is 14.4 Å². The number of benzene rings is 4. The molecule has 0 aliphatic carbocycles. The Morgan fingerprint density at radius 2 is 1.42 bits per heavy atom. The summed E-state index contributed by atoms with van der Waals surface area (Å²) in [6.07, 6.45) is 1.40. The summed E-state index contributed by atoms with van der Waals surface area (Å²) in [7, 11) is 3.08. The van der Waals surface area contributed by atoms with Crippen LogP contribution in [0.25, 0.3) is 10.8 Å². The smallest absolute Gasteiger partial charge is 0.343 e. The number of nitrogens with one attached hydrogen (secondary N) is 2. The van der Waals surface area contributed by atoms with Crippen LogP contribution < -0.4 is 25.0 Å². The molecular weight excluding hydrogens is 486 g/mol. The van der Waals surface area contributed by atoms with Gasteiger partial charge >= 0.3 is 5.97 Å². The predicted octanol–water partition coefficient (Wildman–Crippen LogP) is 3.96. The first-order chi connectivity index (χ1) is 18.5. The van der Waals surface area contributed by atoms with Gasteiger partial charge in [0, 0.05) is 11.1 Å². The Morgan fingerprint density at radius 3 is 2.08 bits per heavy atom. The van der Waals surface area contributed by atoms with Crippen LogP contribution in [0.4, 0.5) is 0 Å². The molecular formula is C29H25N3O6. The maximum atomic E-state index is 12.8. The number of carbonyl (C=O) groups is 3. The molecule has 2 amide bonds. The summed E-state index contributed by atoms with van der Waals surface area (Å²) < 4.78 is 15.9. The Balaban J connectivity index is 1.44. The van der Waals surface area contributed by atoms with Gasteiger partial charge in [0.1, 0.15) is 17.2 Å². The molecule has 0 unspecified atom stereocenters. The molecule has 0 heterocycles. The van der Waals surface area contributed by atoms with E-state index in [0.717, 1.165) is 10.8 Å². The molecule has 0 saturated heterocycles. The number of methoxy groups -OCH3 is 2. The summed E-state index contributed by atoms with van der Waals surface area (Å²) >= 11 is 0. The quantitative estimate of drug-likeness (QED) is 0.152. The number of amides is 2. The molecule has 38 heavy (non-hydrogen) atoms. The van der Waals surface area contributed by atoms with Crippen LogP contribution in [-0.4, -0.2) is 44.8 Å². The Bertz CT molecular complexity index is 1480. The highest BCUT2D eigenvalue weighted by Gasteiger charge is 2.14. The molecule has 4 aromatic rings. The first-order valence-electron chi connectivity index (χ1n) is 11.6. The first kappa shape index (κ1) is 25.9. The third kappa shape index (κ3) is 6.33. The van der Waals surface area contributed by atoms with Crippen molar-refractivity contribution in [2.24, 2.45) is 5.10 Å². The fourth-order valence-electron chi connectivity index (χ4n) is 3.60. The van der Waals surface area contributed by atoms with Crippen LogP contribution in [-0.2, 0) is 4.79 Å². The Labute approximate surface area is 219 Å². The van der Waals surface area contributed by atoms with E-state index in [1.165, 1.54) is 13.3 Å². The van der Waals surface area contributed by atoms with Gasteiger partial charge in [0.2, 0.25) is 0 Å². The van der Waals surface area contributed by atoms with Gasteiger partial charge in [-0.05, 0) is 65.4 Å². The van der Waals surface area contributed by atoms with E-state index in [-0.39, 0.29) is 12.3 Å². The standard InChI is InChI=1S/C29H25N3O6/c1-36-22-12-7-20(8-13-22)28(34)30-18-27(33)32-31-17-25-24-6-4-3-5-19(24)11-16-26(25)38-29(35)21-9-14-23(37-2)15-10-21/h3-17H,18H2,1-2H3,(H,30,34)(H,32,33)/b31-17+. The fourth-order valence-corrected chi connectivity index (χ4v) is 3.60. The molecule has 0 fully saturated rings. The summed E-state index contributed by atoms with van der Waals surface area (Å²) in [5.41, 5.74) is 3.63. The van der Waals surface area contributed by atoms with Crippen LogP contribution in [0.3, 0.4) is 0 Å². The topological polar surface area (TPSA) is 115 Å². The van der Waals surface area contributed by atoms with Crippen molar-refractivity contribution in [3.05, 3.63) is 102 Å². The van der Waals surface area contributed by atoms with Crippen molar-refractivity contribution in [2.45, 2.75) is 0 Å². The van der Waals surface area contributed by atoms with E-state index in [1.54, 1.807) is 61.7 Å². The van der Waals surface area contributed by atoms with Gasteiger partial charge in [-0.15, -0.1) is 0 Å². The highest BCUT2D eigenvalue weighted by Crippen LogP contribution is 2.27. The van der Waals surface area contributed by atoms with E-state index >= 15 is 0 Å². The molecule has 0 aliphatic heterocycles. The lowest BCUT2D eigenvalue weighted by atomic mass is 10.0. The highest BCUT2D eigenvalue weighted by atomic mass is 16.5. The molecule has 192 valence electrons. The second kappa shape index (κ2) is 12.2. The number of carbonyl (C=O) groups excluding carboxylic acids is 3. The molecule has 0 atom stereocenters. The fraction of sp³-hybridized carbons (Fsp3) is 0.103. The second-order valence-corrected chi connectivity index (χ2v) is 8.02. The van der Waals surface area contributed by atoms with E-state index in [0.29, 0.717) is 28.2 Å². The van der Waals surface area contributed by atoms with Gasteiger partial charge in [0.25, 0.3) is 11.8 Å². The highest BCUT2D eigenvalue weighted by molar-refractivity contribution is 6.04. The van der Waals surface area contributed by atoms with Crippen LogP contribution in [0.5, 0.6) is 17.2 Å². The average Bonchev–Trinajstić information content (AvgIpc) is 2.96. The lowest BCUT2D eigenvalue weighted by Crippen LogP contribution is -2.34. The summed E-state index contributed by atoms with van der Waals surface area (Å²) in [6, 6.07) is 24.1. The van der Waals surface area contributed by atoms with E-state index < -0.39 is 17.8 Å². The SMILES string of the molecule is COc1ccc(C(=O)NCC(=O)N/N=C/c2c(OC(=O)c3ccc(OC)cc3)ccc3ccccc23)cc1. The van der Waals surface area contributed by atoms with Gasteiger partial charge in [-0.25, -0.2) is 10.2 Å². The minimum absolute atomic E-state index is 0.273. The lowest BCUT2D eigenvalue weighted by Gasteiger charge is -2.11. The molecule has 0 radical (unpaired) electrons. The van der Waals surface area contributed by atoms with Crippen LogP contribution in [0.1, 0.15) is 26.3 Å². The number of rotatable bonds is 9. The van der Waals surface area contributed by atoms with Crippen molar-refractivity contribution >= 4 is 34.8 Å². The van der Waals surface area contributed by atoms with E-state index in [1.807, 2.05) is 30.3 Å². The predicted molar refractivity (Wildman–Crippen MR) is 143 cm³/mol. The Morgan fingerprint density at radius 1 is 0.789 bits per heavy atom. The van der Waals surface area contributed by atoms with Gasteiger partial charge < -0.3 is 19.5 Å². The van der Waals surface area contributed by atoms with Crippen LogP contribution in [0.15, 0.2) is 90.0 Å². The largest absolute Gasteiger partial charge is 0.497 e. The second-order valence-electron chi connectivity index (χ2n) is 8.02. The third-order valence-electron chi connectivity index (χ3n) is 5.60. The molecule has 9 nitrogen and oxygen atoms in total. The van der Waals surface area contributed by atoms with E-state index in [2.05, 4.69) is 15.8 Å². The number of hydrazone groups is 1. The monoisotopic (exact) mass is 511 g/mol. The van der Waals surface area contributed by atoms with Crippen molar-refractivity contribution in [3.8, 4) is 17.2 Å². The zero-order chi connectivity index (χ0) is 26.9. The summed E-state index contributed by atoms with van der Waals surface area (Å²) in [4.78, 5) is 37.3. The first-order valence-corrected chi connectivity index (χ1v) is 11.6. The van der Waals surface area contributed by atoms with Gasteiger partial charge in [-0.2, -0.15) is 5.10 Å². The number of hydrogen-bond donors (Lipinski definition) is 2. The zero-order valence-corrected chi connectivity index (χ0v) is 20.8. The molecule has 0 aromatic heterocycles. The Hall–Kier alpha value is -5.18. The molecule has 0 saturated carbocycles. The number of esters is 1. The molecule has 0 aliphatic rings. The normalized spacial score (nSPS) is 10.7. The summed E-state index contributed by atoms with van der Waals surface area (Å²) in [6.45, 7) is -0.281. The molecule has 0 spiro atoms. The summed E-state index contributed by atoms with van der Waals surface area (Å²) in [5.74, 6) is 0.0269. The van der Waals surface area contributed by atoms with Crippen LogP contribution >= 0.6 is 0 Å². The van der Waals surface area contributed by atoms with Crippen LogP contribution in [0, 0.1) is 0 Å². The van der Waals surface area contributed by atoms with Crippen LogP contribution in [0.2, 0.25) is 0 Å². The molecule has 9 heteroatoms. The van der Waals surface area contributed by atoms with Gasteiger partial charge in [-0.1, -0.05) is 30.3 Å². The molecule has 2 N–H and O–H groups in total. The Kier molecular flexibility index (Phi) is 8.30. The minimum atomic E-state index is -0.553. The van der Waals surface area contributed by atoms with Crippen molar-refractivity contribution in [2.75, 3.05) is 20.8 Å². The third-order valence-corrected chi connectivity index (χ3v) is 5.60. The lowest BCUT2D eigenvalue weighted by molar-refractivity contribution is -0.120. The molecule has 4 rings (SSSR count). The summed E-state index contributed by atoms with van der Waals surface area (Å²) in [5, 5.41) is 8.24. The van der Waals surface area contributed by atoms with Gasteiger partial charge in [0.15, 0.2) is 0 Å². The molecule has 0 bridgehead atoms. The number of nitrogens with zero attached hydrogens (tertiary/aromatic N) is 1. The van der Waals surface area contributed by atoms with Crippen molar-refractivity contribution in [1.82, 2.24) is 10.7 Å². The number of hydrogen-bond acceptors (Lipinski definition) is 7. The molecule has 4 aromatic carbocycles. The average molecular weight is 512 g/mol. The van der Waals surface area contributed by atoms with Crippen molar-refractivity contribution in [1.29, 1.82) is 0 Å². The zero-order valence-electron chi connectivity index (χ0n) is 20.8. The van der Waals surface area contributed by atoms with Crippen molar-refractivity contribution in [3.63, 3.8) is 0 Å². The van der Waals surface area contributed by atoms with Gasteiger partial charge in [0.05, 0.1) is 32.5 Å². The maximum absolute atomic E-state index is 12.8. The van der Waals surface area contributed by atoms with Crippen molar-refractivity contribution < 1.29 is 28.6 Å². The van der Waals surface area contributed by atoms with E-state index in [4.69, 9.17) is 14.2 Å².